The predicted molar refractivity (Wildman–Crippen MR) is 66.0 cm³/mol. The van der Waals surface area contributed by atoms with Crippen LogP contribution in [-0.4, -0.2) is 29.3 Å². The van der Waals surface area contributed by atoms with Crippen LogP contribution in [0.2, 0.25) is 5.02 Å². The van der Waals surface area contributed by atoms with Crippen molar-refractivity contribution in [3.8, 4) is 0 Å². The van der Waals surface area contributed by atoms with Crippen molar-refractivity contribution < 1.29 is 13.9 Å². The molecule has 0 saturated carbocycles. The van der Waals surface area contributed by atoms with Gasteiger partial charge in [-0.2, -0.15) is 5.10 Å². The Kier molecular flexibility index (Phi) is 3.84. The number of methoxy groups -OCH3 is 1. The van der Waals surface area contributed by atoms with Crippen LogP contribution in [0.1, 0.15) is 21.8 Å². The molecule has 18 heavy (non-hydrogen) atoms. The number of aromatic nitrogens is 2. The van der Waals surface area contributed by atoms with E-state index in [-0.39, 0.29) is 11.5 Å². The van der Waals surface area contributed by atoms with E-state index in [1.54, 1.807) is 20.1 Å². The van der Waals surface area contributed by atoms with Crippen molar-refractivity contribution in [3.05, 3.63) is 40.6 Å². The van der Waals surface area contributed by atoms with Crippen molar-refractivity contribution in [3.63, 3.8) is 0 Å². The summed E-state index contributed by atoms with van der Waals surface area (Å²) in [7, 11) is 1.59. The van der Waals surface area contributed by atoms with E-state index >= 15 is 0 Å². The van der Waals surface area contributed by atoms with E-state index in [1.165, 1.54) is 17.1 Å². The molecule has 0 aromatic carbocycles. The lowest BCUT2D eigenvalue weighted by Crippen LogP contribution is -2.14. The van der Waals surface area contributed by atoms with E-state index in [2.05, 4.69) is 5.10 Å². The summed E-state index contributed by atoms with van der Waals surface area (Å²) in [5.74, 6) is 0.0205. The Morgan fingerprint density at radius 3 is 3.00 bits per heavy atom. The monoisotopic (exact) mass is 268 g/mol. The second-order valence-electron chi connectivity index (χ2n) is 3.82. The number of ether oxygens (including phenoxy) is 1. The Labute approximate surface area is 109 Å². The van der Waals surface area contributed by atoms with Crippen molar-refractivity contribution in [2.75, 3.05) is 13.7 Å². The number of halogens is 1. The minimum atomic E-state index is -0.267. The number of carbonyl (C=O) groups excluding carboxylic acids is 1. The maximum atomic E-state index is 12.3. The summed E-state index contributed by atoms with van der Waals surface area (Å²) in [5, 5.41) is 4.37. The molecule has 0 atom stereocenters. The number of aryl methyl sites for hydroxylation is 1. The summed E-state index contributed by atoms with van der Waals surface area (Å²) in [4.78, 5) is 12.3. The molecule has 0 amide bonds. The highest BCUT2D eigenvalue weighted by Gasteiger charge is 2.22. The quantitative estimate of drug-likeness (QED) is 0.781. The molecule has 0 aliphatic heterocycles. The minimum absolute atomic E-state index is 0.267. The zero-order valence-electron chi connectivity index (χ0n) is 10.1. The van der Waals surface area contributed by atoms with E-state index in [1.807, 2.05) is 0 Å². The van der Waals surface area contributed by atoms with Crippen molar-refractivity contribution in [2.45, 2.75) is 13.5 Å². The Morgan fingerprint density at radius 2 is 2.39 bits per heavy atom. The van der Waals surface area contributed by atoms with Crippen molar-refractivity contribution in [1.29, 1.82) is 0 Å². The smallest absolute Gasteiger partial charge is 0.247 e. The zero-order chi connectivity index (χ0) is 13.1. The summed E-state index contributed by atoms with van der Waals surface area (Å²) < 4.78 is 11.7. The molecule has 2 aromatic rings. The van der Waals surface area contributed by atoms with E-state index in [9.17, 15) is 4.79 Å². The maximum absolute atomic E-state index is 12.3. The zero-order valence-corrected chi connectivity index (χ0v) is 10.9. The van der Waals surface area contributed by atoms with Gasteiger partial charge in [-0.1, -0.05) is 11.6 Å². The second kappa shape index (κ2) is 5.37. The maximum Gasteiger partial charge on any atom is 0.247 e. The van der Waals surface area contributed by atoms with Crippen LogP contribution < -0.4 is 0 Å². The number of hydrogen-bond donors (Lipinski definition) is 0. The first-order valence-corrected chi connectivity index (χ1v) is 5.82. The van der Waals surface area contributed by atoms with Crippen LogP contribution in [0.25, 0.3) is 0 Å². The van der Waals surface area contributed by atoms with E-state index < -0.39 is 0 Å². The molecular formula is C12H13ClN2O3. The average Bonchev–Trinajstić information content (AvgIpc) is 2.92. The number of carbonyl (C=O) groups is 1. The highest BCUT2D eigenvalue weighted by atomic mass is 35.5. The predicted octanol–water partition coefficient (Wildman–Crippen LogP) is 2.32. The molecule has 5 nitrogen and oxygen atoms in total. The summed E-state index contributed by atoms with van der Waals surface area (Å²) in [6.07, 6.45) is 2.93. The molecular weight excluding hydrogens is 256 g/mol. The van der Waals surface area contributed by atoms with Gasteiger partial charge >= 0.3 is 0 Å². The lowest BCUT2D eigenvalue weighted by Gasteiger charge is -2.05. The molecule has 0 N–H and O–H groups in total. The van der Waals surface area contributed by atoms with Crippen LogP contribution in [0.15, 0.2) is 22.9 Å². The number of nitrogens with zero attached hydrogens (tertiary/aromatic N) is 2. The van der Waals surface area contributed by atoms with Gasteiger partial charge in [0.25, 0.3) is 0 Å². The Bertz CT molecular complexity index is 559. The van der Waals surface area contributed by atoms with Crippen molar-refractivity contribution in [2.24, 2.45) is 0 Å². The van der Waals surface area contributed by atoms with Gasteiger partial charge < -0.3 is 9.15 Å². The molecule has 96 valence electrons. The van der Waals surface area contributed by atoms with Crippen LogP contribution in [0, 0.1) is 6.92 Å². The number of rotatable bonds is 5. The number of hydrogen-bond acceptors (Lipinski definition) is 4. The number of ketones is 1. The molecule has 0 spiro atoms. The van der Waals surface area contributed by atoms with Gasteiger partial charge in [-0.3, -0.25) is 9.48 Å². The minimum Gasteiger partial charge on any atom is -0.461 e. The third-order valence-electron chi connectivity index (χ3n) is 2.59. The first kappa shape index (κ1) is 12.9. The normalized spacial score (nSPS) is 10.8. The van der Waals surface area contributed by atoms with Crippen LogP contribution in [-0.2, 0) is 11.3 Å². The summed E-state index contributed by atoms with van der Waals surface area (Å²) in [6, 6.07) is 1.73. The van der Waals surface area contributed by atoms with Gasteiger partial charge in [-0.15, -0.1) is 0 Å². The number of furan rings is 1. The standard InChI is InChI=1S/C12H13ClN2O3/c1-8-3-5-18-12(8)11(16)10-9(13)7-14-15(10)4-6-17-2/h3,5,7H,4,6H2,1-2H3. The van der Waals surface area contributed by atoms with Crippen molar-refractivity contribution >= 4 is 17.4 Å². The molecule has 0 unspecified atom stereocenters. The Morgan fingerprint density at radius 1 is 1.61 bits per heavy atom. The van der Waals surface area contributed by atoms with Gasteiger partial charge in [0.15, 0.2) is 5.76 Å². The third kappa shape index (κ3) is 2.32. The average molecular weight is 269 g/mol. The second-order valence-corrected chi connectivity index (χ2v) is 4.23. The lowest BCUT2D eigenvalue weighted by atomic mass is 10.1. The fraction of sp³-hybridized carbons (Fsp3) is 0.333. The Hall–Kier alpha value is -1.59. The largest absolute Gasteiger partial charge is 0.461 e. The highest BCUT2D eigenvalue weighted by Crippen LogP contribution is 2.21. The van der Waals surface area contributed by atoms with E-state index in [0.29, 0.717) is 23.9 Å². The van der Waals surface area contributed by atoms with Crippen LogP contribution >= 0.6 is 11.6 Å². The summed E-state index contributed by atoms with van der Waals surface area (Å²) in [5.41, 5.74) is 1.10. The fourth-order valence-electron chi connectivity index (χ4n) is 1.65. The van der Waals surface area contributed by atoms with E-state index in [0.717, 1.165) is 5.56 Å². The molecule has 0 aliphatic rings. The van der Waals surface area contributed by atoms with Gasteiger partial charge in [0.2, 0.25) is 5.78 Å². The molecule has 2 aromatic heterocycles. The molecule has 6 heteroatoms. The molecule has 0 aliphatic carbocycles. The van der Waals surface area contributed by atoms with Crippen molar-refractivity contribution in [1.82, 2.24) is 9.78 Å². The van der Waals surface area contributed by atoms with Gasteiger partial charge in [-0.05, 0) is 18.6 Å². The van der Waals surface area contributed by atoms with Gasteiger partial charge in [-0.25, -0.2) is 0 Å². The molecule has 0 fully saturated rings. The van der Waals surface area contributed by atoms with Gasteiger partial charge in [0, 0.05) is 7.11 Å². The Balaban J connectivity index is 2.35. The van der Waals surface area contributed by atoms with Gasteiger partial charge in [0.05, 0.1) is 30.6 Å². The SMILES string of the molecule is COCCn1ncc(Cl)c1C(=O)c1occc1C. The lowest BCUT2D eigenvalue weighted by molar-refractivity contribution is 0.0994. The molecule has 0 radical (unpaired) electrons. The van der Waals surface area contributed by atoms with Gasteiger partial charge in [0.1, 0.15) is 5.69 Å². The molecule has 2 heterocycles. The summed E-state index contributed by atoms with van der Waals surface area (Å²) >= 11 is 6.00. The summed E-state index contributed by atoms with van der Waals surface area (Å²) in [6.45, 7) is 2.72. The topological polar surface area (TPSA) is 57.3 Å². The van der Waals surface area contributed by atoms with Crippen LogP contribution in [0.5, 0.6) is 0 Å². The third-order valence-corrected chi connectivity index (χ3v) is 2.86. The molecule has 2 rings (SSSR count). The fourth-order valence-corrected chi connectivity index (χ4v) is 1.88. The first-order chi connectivity index (χ1) is 8.65. The van der Waals surface area contributed by atoms with Crippen LogP contribution in [0.4, 0.5) is 0 Å². The van der Waals surface area contributed by atoms with Crippen LogP contribution in [0.3, 0.4) is 0 Å². The molecule has 0 bridgehead atoms. The highest BCUT2D eigenvalue weighted by molar-refractivity contribution is 6.34. The first-order valence-electron chi connectivity index (χ1n) is 5.44. The molecule has 0 saturated heterocycles. The van der Waals surface area contributed by atoms with E-state index in [4.69, 9.17) is 20.8 Å².